The van der Waals surface area contributed by atoms with Gasteiger partial charge in [-0.2, -0.15) is 0 Å². The lowest BCUT2D eigenvalue weighted by atomic mass is 10.0. The van der Waals surface area contributed by atoms with Crippen LogP contribution in [0.3, 0.4) is 0 Å². The highest BCUT2D eigenvalue weighted by molar-refractivity contribution is 5.78. The second-order valence-corrected chi connectivity index (χ2v) is 4.20. The fourth-order valence-electron chi connectivity index (χ4n) is 1.11. The van der Waals surface area contributed by atoms with Gasteiger partial charge in [0.1, 0.15) is 0 Å². The van der Waals surface area contributed by atoms with Crippen LogP contribution in [0.4, 0.5) is 0 Å². The molecule has 0 bridgehead atoms. The fourth-order valence-corrected chi connectivity index (χ4v) is 1.11. The van der Waals surface area contributed by atoms with Crippen LogP contribution < -0.4 is 5.32 Å². The van der Waals surface area contributed by atoms with Crippen molar-refractivity contribution >= 4 is 11.9 Å². The van der Waals surface area contributed by atoms with Crippen molar-refractivity contribution in [3.05, 3.63) is 0 Å². The number of carboxylic acid groups (broad SMARTS) is 1. The Labute approximate surface area is 91.1 Å². The highest BCUT2D eigenvalue weighted by Gasteiger charge is 2.21. The number of carboxylic acids is 1. The highest BCUT2D eigenvalue weighted by Crippen LogP contribution is 2.08. The van der Waals surface area contributed by atoms with E-state index in [1.165, 1.54) is 0 Å². The third-order valence-corrected chi connectivity index (χ3v) is 2.76. The van der Waals surface area contributed by atoms with E-state index in [-0.39, 0.29) is 11.9 Å². The molecular weight excluding hydrogens is 194 g/mol. The van der Waals surface area contributed by atoms with E-state index in [0.29, 0.717) is 12.3 Å². The van der Waals surface area contributed by atoms with E-state index in [1.54, 1.807) is 13.8 Å². The van der Waals surface area contributed by atoms with Gasteiger partial charge in [-0.15, -0.1) is 0 Å². The molecule has 0 rings (SSSR count). The Bertz CT molecular complexity index is 228. The lowest BCUT2D eigenvalue weighted by molar-refractivity contribution is -0.142. The standard InChI is InChI=1S/C11H21NO3/c1-5-7(2)6-10(13)12-9(4)8(3)11(14)15/h7-9H,5-6H2,1-4H3,(H,12,13)(H,14,15). The van der Waals surface area contributed by atoms with E-state index < -0.39 is 11.9 Å². The summed E-state index contributed by atoms with van der Waals surface area (Å²) in [5.41, 5.74) is 0. The van der Waals surface area contributed by atoms with Crippen LogP contribution in [0.15, 0.2) is 0 Å². The van der Waals surface area contributed by atoms with E-state index in [2.05, 4.69) is 5.32 Å². The molecule has 1 amide bonds. The summed E-state index contributed by atoms with van der Waals surface area (Å²) in [7, 11) is 0. The van der Waals surface area contributed by atoms with Gasteiger partial charge >= 0.3 is 5.97 Å². The van der Waals surface area contributed by atoms with Crippen molar-refractivity contribution in [2.45, 2.75) is 46.6 Å². The molecular formula is C11H21NO3. The van der Waals surface area contributed by atoms with E-state index in [0.717, 1.165) is 6.42 Å². The van der Waals surface area contributed by atoms with Crippen molar-refractivity contribution in [1.82, 2.24) is 5.32 Å². The summed E-state index contributed by atoms with van der Waals surface area (Å²) in [6.45, 7) is 7.34. The maximum atomic E-state index is 11.4. The van der Waals surface area contributed by atoms with Gasteiger partial charge in [0.2, 0.25) is 5.91 Å². The maximum absolute atomic E-state index is 11.4. The van der Waals surface area contributed by atoms with Crippen molar-refractivity contribution in [3.8, 4) is 0 Å². The zero-order chi connectivity index (χ0) is 12.0. The number of hydrogen-bond acceptors (Lipinski definition) is 2. The van der Waals surface area contributed by atoms with Gasteiger partial charge in [-0.25, -0.2) is 0 Å². The molecule has 0 aliphatic heterocycles. The zero-order valence-electron chi connectivity index (χ0n) is 9.91. The van der Waals surface area contributed by atoms with Gasteiger partial charge in [0.05, 0.1) is 5.92 Å². The number of aliphatic carboxylic acids is 1. The number of nitrogens with one attached hydrogen (secondary N) is 1. The van der Waals surface area contributed by atoms with Crippen molar-refractivity contribution in [1.29, 1.82) is 0 Å². The van der Waals surface area contributed by atoms with Crippen LogP contribution in [0.25, 0.3) is 0 Å². The second kappa shape index (κ2) is 6.43. The van der Waals surface area contributed by atoms with Crippen LogP contribution in [-0.2, 0) is 9.59 Å². The molecule has 0 saturated carbocycles. The first-order valence-corrected chi connectivity index (χ1v) is 5.40. The molecule has 0 aromatic carbocycles. The summed E-state index contributed by atoms with van der Waals surface area (Å²) in [6, 6.07) is -0.320. The minimum Gasteiger partial charge on any atom is -0.481 e. The molecule has 4 nitrogen and oxygen atoms in total. The smallest absolute Gasteiger partial charge is 0.308 e. The molecule has 0 radical (unpaired) electrons. The van der Waals surface area contributed by atoms with Gasteiger partial charge in [-0.05, 0) is 19.8 Å². The maximum Gasteiger partial charge on any atom is 0.308 e. The zero-order valence-corrected chi connectivity index (χ0v) is 9.91. The molecule has 0 aliphatic rings. The number of carbonyl (C=O) groups excluding carboxylic acids is 1. The van der Waals surface area contributed by atoms with Gasteiger partial charge in [-0.1, -0.05) is 20.3 Å². The first kappa shape index (κ1) is 13.9. The van der Waals surface area contributed by atoms with Crippen molar-refractivity contribution in [2.75, 3.05) is 0 Å². The number of amides is 1. The Morgan fingerprint density at radius 2 is 1.80 bits per heavy atom. The molecule has 3 atom stereocenters. The van der Waals surface area contributed by atoms with Crippen LogP contribution in [-0.4, -0.2) is 23.0 Å². The SMILES string of the molecule is CCC(C)CC(=O)NC(C)C(C)C(=O)O. The van der Waals surface area contributed by atoms with Gasteiger partial charge < -0.3 is 10.4 Å². The summed E-state index contributed by atoms with van der Waals surface area (Å²) < 4.78 is 0. The lowest BCUT2D eigenvalue weighted by Crippen LogP contribution is -2.40. The Balaban J connectivity index is 4.01. The van der Waals surface area contributed by atoms with E-state index in [4.69, 9.17) is 5.11 Å². The van der Waals surface area contributed by atoms with Crippen molar-refractivity contribution in [3.63, 3.8) is 0 Å². The number of carbonyl (C=O) groups is 2. The normalized spacial score (nSPS) is 16.5. The van der Waals surface area contributed by atoms with Crippen LogP contribution in [0.1, 0.15) is 40.5 Å². The predicted molar refractivity (Wildman–Crippen MR) is 58.5 cm³/mol. The van der Waals surface area contributed by atoms with E-state index >= 15 is 0 Å². The van der Waals surface area contributed by atoms with Gasteiger partial charge in [0, 0.05) is 12.5 Å². The quantitative estimate of drug-likeness (QED) is 0.708. The molecule has 0 aromatic heterocycles. The molecule has 88 valence electrons. The Kier molecular flexibility index (Phi) is 5.97. The molecule has 0 heterocycles. The van der Waals surface area contributed by atoms with Crippen molar-refractivity contribution in [2.24, 2.45) is 11.8 Å². The number of hydrogen-bond donors (Lipinski definition) is 2. The molecule has 0 aliphatic carbocycles. The average Bonchev–Trinajstić information content (AvgIpc) is 2.15. The summed E-state index contributed by atoms with van der Waals surface area (Å²) in [4.78, 5) is 22.1. The Morgan fingerprint density at radius 1 is 1.27 bits per heavy atom. The molecule has 4 heteroatoms. The van der Waals surface area contributed by atoms with E-state index in [9.17, 15) is 9.59 Å². The Hall–Kier alpha value is -1.06. The summed E-state index contributed by atoms with van der Waals surface area (Å²) in [5.74, 6) is -1.15. The molecule has 0 aromatic rings. The van der Waals surface area contributed by atoms with Crippen LogP contribution in [0.2, 0.25) is 0 Å². The molecule has 15 heavy (non-hydrogen) atoms. The molecule has 3 unspecified atom stereocenters. The largest absolute Gasteiger partial charge is 0.481 e. The van der Waals surface area contributed by atoms with Crippen LogP contribution in [0, 0.1) is 11.8 Å². The van der Waals surface area contributed by atoms with Crippen LogP contribution >= 0.6 is 0 Å². The van der Waals surface area contributed by atoms with Gasteiger partial charge in [0.15, 0.2) is 0 Å². The third kappa shape index (κ3) is 5.40. The first-order chi connectivity index (χ1) is 6.88. The predicted octanol–water partition coefficient (Wildman–Crippen LogP) is 1.65. The topological polar surface area (TPSA) is 66.4 Å². The van der Waals surface area contributed by atoms with Gasteiger partial charge in [-0.3, -0.25) is 9.59 Å². The molecule has 0 saturated heterocycles. The summed E-state index contributed by atoms with van der Waals surface area (Å²) in [5, 5.41) is 11.4. The third-order valence-electron chi connectivity index (χ3n) is 2.76. The fraction of sp³-hybridized carbons (Fsp3) is 0.818. The van der Waals surface area contributed by atoms with Crippen molar-refractivity contribution < 1.29 is 14.7 Å². The van der Waals surface area contributed by atoms with Crippen LogP contribution in [0.5, 0.6) is 0 Å². The highest BCUT2D eigenvalue weighted by atomic mass is 16.4. The minimum atomic E-state index is -0.883. The first-order valence-electron chi connectivity index (χ1n) is 5.40. The number of rotatable bonds is 6. The summed E-state index contributed by atoms with van der Waals surface area (Å²) in [6.07, 6.45) is 1.42. The van der Waals surface area contributed by atoms with Gasteiger partial charge in [0.25, 0.3) is 0 Å². The average molecular weight is 215 g/mol. The second-order valence-electron chi connectivity index (χ2n) is 4.20. The lowest BCUT2D eigenvalue weighted by Gasteiger charge is -2.18. The summed E-state index contributed by atoms with van der Waals surface area (Å²) >= 11 is 0. The van der Waals surface area contributed by atoms with E-state index in [1.807, 2.05) is 13.8 Å². The Morgan fingerprint density at radius 3 is 2.20 bits per heavy atom. The minimum absolute atomic E-state index is 0.0649. The monoisotopic (exact) mass is 215 g/mol. The molecule has 0 spiro atoms. The molecule has 0 fully saturated rings. The molecule has 2 N–H and O–H groups in total.